The topological polar surface area (TPSA) is 0 Å². The number of rotatable bonds is 0. The summed E-state index contributed by atoms with van der Waals surface area (Å²) in [6.45, 7) is 0. The molecule has 1 rings (SSSR count). The SMILES string of the molecule is [C-]1=CC=CC1.[CH3-].[CH3-].[CH3-].[CH3-].[CH3-].[Co]. The maximum atomic E-state index is 2.99. The van der Waals surface area contributed by atoms with E-state index in [1.165, 1.54) is 0 Å². The van der Waals surface area contributed by atoms with Gasteiger partial charge in [0.15, 0.2) is 0 Å². The molecular formula is C10H20Co-6. The largest absolute Gasteiger partial charge is 0.358 e. The maximum Gasteiger partial charge on any atom is 0 e. The van der Waals surface area contributed by atoms with Gasteiger partial charge in [-0.05, 0) is 0 Å². The third kappa shape index (κ3) is 25.6. The van der Waals surface area contributed by atoms with Crippen LogP contribution in [0.25, 0.3) is 0 Å². The third-order valence-corrected chi connectivity index (χ3v) is 0.586. The molecule has 0 aromatic rings. The Morgan fingerprint density at radius 1 is 0.909 bits per heavy atom. The molecule has 11 heavy (non-hydrogen) atoms. The van der Waals surface area contributed by atoms with Crippen molar-refractivity contribution in [2.45, 2.75) is 6.42 Å². The van der Waals surface area contributed by atoms with E-state index < -0.39 is 0 Å². The fraction of sp³-hybridized carbons (Fsp3) is 0.100. The molecule has 0 spiro atoms. The van der Waals surface area contributed by atoms with Gasteiger partial charge in [-0.1, -0.05) is 0 Å². The van der Waals surface area contributed by atoms with E-state index in [0.717, 1.165) is 6.42 Å². The summed E-state index contributed by atoms with van der Waals surface area (Å²) in [5, 5.41) is 0. The molecule has 0 fully saturated rings. The van der Waals surface area contributed by atoms with Crippen molar-refractivity contribution in [1.29, 1.82) is 0 Å². The summed E-state index contributed by atoms with van der Waals surface area (Å²) >= 11 is 0. The predicted octanol–water partition coefficient (Wildman–Crippen LogP) is 3.55. The average molecular weight is 199 g/mol. The van der Waals surface area contributed by atoms with Gasteiger partial charge in [0.1, 0.15) is 0 Å². The summed E-state index contributed by atoms with van der Waals surface area (Å²) < 4.78 is 0. The normalized spacial score (nSPS) is 8.00. The zero-order valence-corrected chi connectivity index (χ0v) is 9.31. The summed E-state index contributed by atoms with van der Waals surface area (Å²) in [4.78, 5) is 0. The minimum Gasteiger partial charge on any atom is -0.358 e. The zero-order valence-electron chi connectivity index (χ0n) is 8.27. The van der Waals surface area contributed by atoms with Crippen molar-refractivity contribution in [3.8, 4) is 0 Å². The van der Waals surface area contributed by atoms with Crippen LogP contribution < -0.4 is 0 Å². The van der Waals surface area contributed by atoms with Crippen molar-refractivity contribution in [3.63, 3.8) is 0 Å². The first-order chi connectivity index (χ1) is 2.50. The van der Waals surface area contributed by atoms with Gasteiger partial charge in [-0.25, -0.2) is 12.2 Å². The number of allylic oxidation sites excluding steroid dienone is 4. The van der Waals surface area contributed by atoms with Crippen LogP contribution in [0.4, 0.5) is 0 Å². The summed E-state index contributed by atoms with van der Waals surface area (Å²) in [5.74, 6) is 0. The van der Waals surface area contributed by atoms with Gasteiger partial charge in [-0.2, -0.15) is 6.08 Å². The van der Waals surface area contributed by atoms with Crippen LogP contribution in [-0.2, 0) is 16.8 Å². The van der Waals surface area contributed by atoms with E-state index in [0.29, 0.717) is 0 Å². The smallest absolute Gasteiger partial charge is 0 e. The molecule has 0 bridgehead atoms. The molecule has 0 saturated carbocycles. The molecule has 0 aliphatic heterocycles. The van der Waals surface area contributed by atoms with Gasteiger partial charge >= 0.3 is 0 Å². The Bertz CT molecular complexity index is 62.9. The van der Waals surface area contributed by atoms with E-state index in [4.69, 9.17) is 0 Å². The molecule has 0 atom stereocenters. The van der Waals surface area contributed by atoms with Crippen LogP contribution in [0.3, 0.4) is 0 Å². The van der Waals surface area contributed by atoms with Gasteiger partial charge in [0.05, 0.1) is 0 Å². The van der Waals surface area contributed by atoms with Crippen molar-refractivity contribution in [2.24, 2.45) is 0 Å². The molecule has 0 saturated heterocycles. The van der Waals surface area contributed by atoms with Gasteiger partial charge in [0, 0.05) is 16.8 Å². The van der Waals surface area contributed by atoms with Crippen LogP contribution in [0.5, 0.6) is 0 Å². The van der Waals surface area contributed by atoms with E-state index >= 15 is 0 Å². The molecule has 0 unspecified atom stereocenters. The first-order valence-electron chi connectivity index (χ1n) is 1.72. The number of hydrogen-bond acceptors (Lipinski definition) is 0. The molecule has 1 radical (unpaired) electrons. The van der Waals surface area contributed by atoms with Crippen LogP contribution >= 0.6 is 0 Å². The maximum absolute atomic E-state index is 2.99. The van der Waals surface area contributed by atoms with Gasteiger partial charge in [-0.3, -0.25) is 6.08 Å². The average Bonchev–Trinajstić information content (AvgIpc) is 1.76. The standard InChI is InChI=1S/C5H5.5CH3.Co/c1-2-4-5-3-1;;;;;;/h1-3H,4H2;5*1H3;/q6*-1;. The third-order valence-electron chi connectivity index (χ3n) is 0.586. The van der Waals surface area contributed by atoms with Crippen molar-refractivity contribution in [3.05, 3.63) is 61.4 Å². The Morgan fingerprint density at radius 3 is 1.45 bits per heavy atom. The fourth-order valence-corrected chi connectivity index (χ4v) is 0.340. The molecule has 0 aromatic carbocycles. The van der Waals surface area contributed by atoms with Gasteiger partial charge < -0.3 is 37.1 Å². The van der Waals surface area contributed by atoms with Crippen LogP contribution in [0, 0.1) is 43.2 Å². The van der Waals surface area contributed by atoms with Gasteiger partial charge in [0.25, 0.3) is 0 Å². The van der Waals surface area contributed by atoms with Crippen LogP contribution in [0.1, 0.15) is 6.42 Å². The van der Waals surface area contributed by atoms with E-state index in [1.807, 2.05) is 12.2 Å². The first-order valence-corrected chi connectivity index (χ1v) is 1.72. The second kappa shape index (κ2) is 32.4. The van der Waals surface area contributed by atoms with Crippen molar-refractivity contribution in [2.75, 3.05) is 0 Å². The van der Waals surface area contributed by atoms with E-state index in [-0.39, 0.29) is 53.9 Å². The molecule has 0 N–H and O–H groups in total. The Balaban J connectivity index is -0.0000000104. The predicted molar refractivity (Wildman–Crippen MR) is 53.6 cm³/mol. The van der Waals surface area contributed by atoms with E-state index in [9.17, 15) is 0 Å². The monoisotopic (exact) mass is 199 g/mol. The first kappa shape index (κ1) is 44.1. The molecule has 1 aliphatic rings. The second-order valence-corrected chi connectivity index (χ2v) is 1.00. The zero-order chi connectivity index (χ0) is 3.54. The molecule has 0 heterocycles. The fourth-order valence-electron chi connectivity index (χ4n) is 0.340. The minimum atomic E-state index is 0. The van der Waals surface area contributed by atoms with Crippen molar-refractivity contribution in [1.82, 2.24) is 0 Å². The number of hydrogen-bond donors (Lipinski definition) is 0. The quantitative estimate of drug-likeness (QED) is 0.523. The van der Waals surface area contributed by atoms with Crippen LogP contribution in [-0.4, -0.2) is 0 Å². The molecule has 0 aromatic heterocycles. The van der Waals surface area contributed by atoms with Crippen LogP contribution in [0.15, 0.2) is 18.2 Å². The van der Waals surface area contributed by atoms with Gasteiger partial charge in [0.2, 0.25) is 0 Å². The van der Waals surface area contributed by atoms with E-state index in [2.05, 4.69) is 12.2 Å². The summed E-state index contributed by atoms with van der Waals surface area (Å²) in [7, 11) is 0. The molecule has 1 heteroatoms. The Labute approximate surface area is 85.0 Å². The van der Waals surface area contributed by atoms with Crippen LogP contribution in [0.2, 0.25) is 0 Å². The Hall–Kier alpha value is -0.0135. The second-order valence-electron chi connectivity index (χ2n) is 1.00. The summed E-state index contributed by atoms with van der Waals surface area (Å²) in [6, 6.07) is 0. The van der Waals surface area contributed by atoms with Crippen molar-refractivity contribution < 1.29 is 16.8 Å². The minimum absolute atomic E-state index is 0. The Kier molecular flexibility index (Phi) is 130. The molecule has 75 valence electrons. The summed E-state index contributed by atoms with van der Waals surface area (Å²) in [5.41, 5.74) is 0. The molecule has 1 aliphatic carbocycles. The molecular weight excluding hydrogens is 179 g/mol. The van der Waals surface area contributed by atoms with Gasteiger partial charge in [-0.15, -0.1) is 6.42 Å². The molecule has 0 nitrogen and oxygen atoms in total. The van der Waals surface area contributed by atoms with E-state index in [1.54, 1.807) is 0 Å². The Morgan fingerprint density at radius 2 is 1.36 bits per heavy atom. The summed E-state index contributed by atoms with van der Waals surface area (Å²) in [6.07, 6.45) is 10.0. The van der Waals surface area contributed by atoms with Crippen molar-refractivity contribution >= 4 is 0 Å². The molecule has 0 amide bonds.